The highest BCUT2D eigenvalue weighted by Gasteiger charge is 2.39. The monoisotopic (exact) mass is 388 g/mol. The van der Waals surface area contributed by atoms with Gasteiger partial charge in [0.1, 0.15) is 11.8 Å². The van der Waals surface area contributed by atoms with E-state index in [9.17, 15) is 13.2 Å². The summed E-state index contributed by atoms with van der Waals surface area (Å²) in [6, 6.07) is 11.2. The number of sulfonamides is 1. The van der Waals surface area contributed by atoms with Crippen LogP contribution in [0.1, 0.15) is 24.0 Å². The Morgan fingerprint density at radius 3 is 2.52 bits per heavy atom. The number of hydrogen-bond acceptors (Lipinski definition) is 4. The van der Waals surface area contributed by atoms with Crippen molar-refractivity contribution in [3.05, 3.63) is 53.6 Å². The van der Waals surface area contributed by atoms with E-state index in [0.717, 1.165) is 11.1 Å². The Morgan fingerprint density at radius 2 is 1.85 bits per heavy atom. The molecular weight excluding hydrogens is 364 g/mol. The maximum atomic E-state index is 13.0. The predicted molar refractivity (Wildman–Crippen MR) is 104 cm³/mol. The van der Waals surface area contributed by atoms with Crippen LogP contribution in [0.3, 0.4) is 0 Å². The van der Waals surface area contributed by atoms with E-state index in [4.69, 9.17) is 4.74 Å². The maximum Gasteiger partial charge on any atom is 0.243 e. The van der Waals surface area contributed by atoms with Gasteiger partial charge in [-0.3, -0.25) is 4.79 Å². The molecule has 1 N–H and O–H groups in total. The smallest absolute Gasteiger partial charge is 0.243 e. The van der Waals surface area contributed by atoms with Gasteiger partial charge in [-0.2, -0.15) is 4.31 Å². The van der Waals surface area contributed by atoms with E-state index < -0.39 is 16.1 Å². The van der Waals surface area contributed by atoms with Crippen LogP contribution in [-0.2, 0) is 14.8 Å². The summed E-state index contributed by atoms with van der Waals surface area (Å²) in [7, 11) is -2.23. The SMILES string of the molecule is COc1ccc(S(=O)(=O)N2CCC[C@@H]2C(=O)Nc2cccc(C)c2C)cc1. The number of methoxy groups -OCH3 is 1. The van der Waals surface area contributed by atoms with Crippen molar-refractivity contribution in [2.24, 2.45) is 0 Å². The maximum absolute atomic E-state index is 13.0. The molecule has 7 heteroatoms. The normalized spacial score (nSPS) is 17.7. The topological polar surface area (TPSA) is 75.7 Å². The molecule has 1 amide bonds. The first kappa shape index (κ1) is 19.4. The van der Waals surface area contributed by atoms with Crippen LogP contribution in [0.2, 0.25) is 0 Å². The summed E-state index contributed by atoms with van der Waals surface area (Å²) in [6.07, 6.45) is 1.16. The summed E-state index contributed by atoms with van der Waals surface area (Å²) < 4.78 is 32.4. The Hall–Kier alpha value is -2.38. The van der Waals surface area contributed by atoms with Gasteiger partial charge in [-0.25, -0.2) is 8.42 Å². The molecule has 1 heterocycles. The van der Waals surface area contributed by atoms with Crippen molar-refractivity contribution in [1.82, 2.24) is 4.31 Å². The second-order valence-electron chi connectivity index (χ2n) is 6.69. The van der Waals surface area contributed by atoms with Gasteiger partial charge in [-0.15, -0.1) is 0 Å². The molecule has 0 bridgehead atoms. The molecule has 0 unspecified atom stereocenters. The number of amides is 1. The van der Waals surface area contributed by atoms with E-state index >= 15 is 0 Å². The zero-order valence-corrected chi connectivity index (χ0v) is 16.5. The molecule has 1 atom stereocenters. The van der Waals surface area contributed by atoms with Crippen LogP contribution in [-0.4, -0.2) is 38.3 Å². The molecular formula is C20H24N2O4S. The number of rotatable bonds is 5. The molecule has 1 saturated heterocycles. The molecule has 6 nitrogen and oxygen atoms in total. The molecule has 2 aromatic carbocycles. The summed E-state index contributed by atoms with van der Waals surface area (Å²) in [5.74, 6) is 0.290. The molecule has 1 aliphatic rings. The molecule has 0 aromatic heterocycles. The number of hydrogen-bond donors (Lipinski definition) is 1. The van der Waals surface area contributed by atoms with Crippen LogP contribution in [0.4, 0.5) is 5.69 Å². The summed E-state index contributed by atoms with van der Waals surface area (Å²) >= 11 is 0. The third kappa shape index (κ3) is 3.84. The second kappa shape index (κ2) is 7.70. The van der Waals surface area contributed by atoms with Crippen molar-refractivity contribution >= 4 is 21.6 Å². The number of benzene rings is 2. The van der Waals surface area contributed by atoms with Gasteiger partial charge in [-0.1, -0.05) is 12.1 Å². The molecule has 1 aliphatic heterocycles. The number of nitrogens with one attached hydrogen (secondary N) is 1. The average molecular weight is 388 g/mol. The van der Waals surface area contributed by atoms with Crippen molar-refractivity contribution in [2.45, 2.75) is 37.6 Å². The Bertz CT molecular complexity index is 939. The van der Waals surface area contributed by atoms with Crippen LogP contribution in [0.5, 0.6) is 5.75 Å². The van der Waals surface area contributed by atoms with Crippen LogP contribution in [0.15, 0.2) is 47.4 Å². The van der Waals surface area contributed by atoms with Crippen molar-refractivity contribution in [2.75, 3.05) is 19.0 Å². The first-order valence-electron chi connectivity index (χ1n) is 8.87. The summed E-state index contributed by atoms with van der Waals surface area (Å²) in [6.45, 7) is 4.24. The van der Waals surface area contributed by atoms with Gasteiger partial charge in [0.25, 0.3) is 0 Å². The summed E-state index contributed by atoms with van der Waals surface area (Å²) in [5, 5.41) is 2.90. The minimum atomic E-state index is -3.75. The molecule has 144 valence electrons. The lowest BCUT2D eigenvalue weighted by Gasteiger charge is -2.24. The van der Waals surface area contributed by atoms with Gasteiger partial charge < -0.3 is 10.1 Å². The Labute approximate surface area is 160 Å². The molecule has 27 heavy (non-hydrogen) atoms. The van der Waals surface area contributed by atoms with Gasteiger partial charge >= 0.3 is 0 Å². The quantitative estimate of drug-likeness (QED) is 0.854. The van der Waals surface area contributed by atoms with Gasteiger partial charge in [-0.05, 0) is 68.1 Å². The Kier molecular flexibility index (Phi) is 5.53. The highest BCUT2D eigenvalue weighted by atomic mass is 32.2. The first-order valence-corrected chi connectivity index (χ1v) is 10.3. The van der Waals surface area contributed by atoms with Gasteiger partial charge in [0.15, 0.2) is 0 Å². The Balaban J connectivity index is 1.83. The predicted octanol–water partition coefficient (Wildman–Crippen LogP) is 3.10. The average Bonchev–Trinajstić information content (AvgIpc) is 3.16. The number of carbonyl (C=O) groups excluding carboxylic acids is 1. The molecule has 1 fully saturated rings. The number of anilines is 1. The summed E-state index contributed by atoms with van der Waals surface area (Å²) in [4.78, 5) is 13.0. The number of aryl methyl sites for hydroxylation is 1. The van der Waals surface area contributed by atoms with Crippen molar-refractivity contribution in [3.63, 3.8) is 0 Å². The molecule has 0 aliphatic carbocycles. The summed E-state index contributed by atoms with van der Waals surface area (Å²) in [5.41, 5.74) is 2.77. The lowest BCUT2D eigenvalue weighted by Crippen LogP contribution is -2.43. The molecule has 0 spiro atoms. The lowest BCUT2D eigenvalue weighted by atomic mass is 10.1. The largest absolute Gasteiger partial charge is 0.497 e. The zero-order valence-electron chi connectivity index (χ0n) is 15.7. The van der Waals surface area contributed by atoms with Gasteiger partial charge in [0, 0.05) is 12.2 Å². The standard InChI is InChI=1S/C20H24N2O4S/c1-14-6-4-7-18(15(14)2)21-20(23)19-8-5-13-22(19)27(24,25)17-11-9-16(26-3)10-12-17/h4,6-7,9-12,19H,5,8,13H2,1-3H3,(H,21,23)/t19-/m1/s1. The van der Waals surface area contributed by atoms with E-state index in [0.29, 0.717) is 30.8 Å². The molecule has 2 aromatic rings. The van der Waals surface area contributed by atoms with E-state index in [2.05, 4.69) is 5.32 Å². The van der Waals surface area contributed by atoms with Crippen molar-refractivity contribution in [1.29, 1.82) is 0 Å². The minimum absolute atomic E-state index is 0.162. The van der Waals surface area contributed by atoms with E-state index in [1.807, 2.05) is 32.0 Å². The second-order valence-corrected chi connectivity index (χ2v) is 8.58. The first-order chi connectivity index (χ1) is 12.8. The fourth-order valence-corrected chi connectivity index (χ4v) is 4.93. The van der Waals surface area contributed by atoms with Gasteiger partial charge in [0.2, 0.25) is 15.9 Å². The van der Waals surface area contributed by atoms with Crippen LogP contribution >= 0.6 is 0 Å². The number of carbonyl (C=O) groups is 1. The third-order valence-electron chi connectivity index (χ3n) is 5.03. The Morgan fingerprint density at radius 1 is 1.15 bits per heavy atom. The van der Waals surface area contributed by atoms with Crippen LogP contribution < -0.4 is 10.1 Å². The van der Waals surface area contributed by atoms with Crippen molar-refractivity contribution in [3.8, 4) is 5.75 Å². The number of nitrogens with zero attached hydrogens (tertiary/aromatic N) is 1. The van der Waals surface area contributed by atoms with Crippen molar-refractivity contribution < 1.29 is 17.9 Å². The van der Waals surface area contributed by atoms with Gasteiger partial charge in [0.05, 0.1) is 12.0 Å². The van der Waals surface area contributed by atoms with Crippen LogP contribution in [0, 0.1) is 13.8 Å². The third-order valence-corrected chi connectivity index (χ3v) is 6.96. The lowest BCUT2D eigenvalue weighted by molar-refractivity contribution is -0.119. The van der Waals surface area contributed by atoms with Crippen LogP contribution in [0.25, 0.3) is 0 Å². The fraction of sp³-hybridized carbons (Fsp3) is 0.350. The number of ether oxygens (including phenoxy) is 1. The van der Waals surface area contributed by atoms with E-state index in [1.54, 1.807) is 12.1 Å². The molecule has 0 radical (unpaired) electrons. The minimum Gasteiger partial charge on any atom is -0.497 e. The zero-order chi connectivity index (χ0) is 19.6. The highest BCUT2D eigenvalue weighted by molar-refractivity contribution is 7.89. The van der Waals surface area contributed by atoms with E-state index in [-0.39, 0.29) is 10.8 Å². The highest BCUT2D eigenvalue weighted by Crippen LogP contribution is 2.28. The fourth-order valence-electron chi connectivity index (χ4n) is 3.28. The van der Waals surface area contributed by atoms with E-state index in [1.165, 1.54) is 23.5 Å². The molecule has 0 saturated carbocycles. The molecule has 3 rings (SSSR count).